The Kier molecular flexibility index (Phi) is 2.66. The fourth-order valence-electron chi connectivity index (χ4n) is 1.40. The molecule has 82 valence electrons. The lowest BCUT2D eigenvalue weighted by Gasteiger charge is -2.04. The van der Waals surface area contributed by atoms with Gasteiger partial charge in [0.15, 0.2) is 0 Å². The summed E-state index contributed by atoms with van der Waals surface area (Å²) in [5.41, 5.74) is 1.68. The molecule has 1 aromatic carbocycles. The minimum Gasteiger partial charge on any atom is -0.478 e. The first-order valence-corrected chi connectivity index (χ1v) is 4.99. The molecule has 16 heavy (non-hydrogen) atoms. The van der Waals surface area contributed by atoms with Crippen molar-refractivity contribution >= 4 is 17.6 Å². The Hall–Kier alpha value is -1.81. The van der Waals surface area contributed by atoms with E-state index in [1.807, 2.05) is 13.1 Å². The SMILES string of the molecule is Cc1cn(-c2ccc(Cl)c(C(=O)O)c2)cn1. The third-order valence-corrected chi connectivity index (χ3v) is 2.52. The lowest BCUT2D eigenvalue weighted by molar-refractivity contribution is 0.0697. The van der Waals surface area contributed by atoms with E-state index in [1.54, 1.807) is 23.0 Å². The van der Waals surface area contributed by atoms with Crippen molar-refractivity contribution in [2.75, 3.05) is 0 Å². The van der Waals surface area contributed by atoms with E-state index < -0.39 is 5.97 Å². The lowest BCUT2D eigenvalue weighted by atomic mass is 10.2. The average Bonchev–Trinajstić information content (AvgIpc) is 2.65. The number of nitrogens with zero attached hydrogens (tertiary/aromatic N) is 2. The molecule has 0 unspecified atom stereocenters. The molecule has 0 radical (unpaired) electrons. The minimum absolute atomic E-state index is 0.0884. The zero-order valence-corrected chi connectivity index (χ0v) is 9.27. The number of benzene rings is 1. The average molecular weight is 237 g/mol. The van der Waals surface area contributed by atoms with Crippen LogP contribution in [0.5, 0.6) is 0 Å². The van der Waals surface area contributed by atoms with E-state index in [4.69, 9.17) is 16.7 Å². The molecule has 0 aliphatic rings. The first kappa shape index (κ1) is 10.7. The number of hydrogen-bond donors (Lipinski definition) is 1. The predicted molar refractivity (Wildman–Crippen MR) is 60.3 cm³/mol. The van der Waals surface area contributed by atoms with Crippen molar-refractivity contribution in [1.29, 1.82) is 0 Å². The Morgan fingerprint density at radius 1 is 1.50 bits per heavy atom. The molecule has 0 aliphatic heterocycles. The summed E-state index contributed by atoms with van der Waals surface area (Å²) in [5.74, 6) is -1.04. The standard InChI is InChI=1S/C11H9ClN2O2/c1-7-5-14(6-13-7)8-2-3-10(12)9(4-8)11(15)16/h2-6H,1H3,(H,15,16). The summed E-state index contributed by atoms with van der Waals surface area (Å²) in [6.45, 7) is 1.87. The molecule has 0 fully saturated rings. The summed E-state index contributed by atoms with van der Waals surface area (Å²) in [6, 6.07) is 4.83. The number of rotatable bonds is 2. The number of carboxylic acid groups (broad SMARTS) is 1. The molecule has 1 N–H and O–H groups in total. The number of halogens is 1. The molecule has 0 saturated carbocycles. The van der Waals surface area contributed by atoms with Gasteiger partial charge in [-0.25, -0.2) is 9.78 Å². The van der Waals surface area contributed by atoms with Crippen molar-refractivity contribution < 1.29 is 9.90 Å². The first-order chi connectivity index (χ1) is 7.58. The zero-order chi connectivity index (χ0) is 11.7. The van der Waals surface area contributed by atoms with Gasteiger partial charge in [-0.2, -0.15) is 0 Å². The third-order valence-electron chi connectivity index (χ3n) is 2.19. The molecular formula is C11H9ClN2O2. The summed E-state index contributed by atoms with van der Waals surface area (Å²) >= 11 is 5.78. The predicted octanol–water partition coefficient (Wildman–Crippen LogP) is 2.53. The van der Waals surface area contributed by atoms with Gasteiger partial charge in [0.25, 0.3) is 0 Å². The minimum atomic E-state index is -1.04. The highest BCUT2D eigenvalue weighted by atomic mass is 35.5. The molecule has 0 atom stereocenters. The van der Waals surface area contributed by atoms with Gasteiger partial charge in [0, 0.05) is 11.9 Å². The number of aromatic carboxylic acids is 1. The molecule has 1 heterocycles. The molecule has 4 nitrogen and oxygen atoms in total. The second-order valence-corrected chi connectivity index (χ2v) is 3.80. The number of aryl methyl sites for hydroxylation is 1. The number of carboxylic acids is 1. The highest BCUT2D eigenvalue weighted by Gasteiger charge is 2.10. The van der Waals surface area contributed by atoms with Gasteiger partial charge >= 0.3 is 5.97 Å². The Balaban J connectivity index is 2.51. The van der Waals surface area contributed by atoms with Crippen molar-refractivity contribution in [2.45, 2.75) is 6.92 Å². The normalized spacial score (nSPS) is 10.4. The Labute approximate surface area is 97.1 Å². The Morgan fingerprint density at radius 2 is 2.25 bits per heavy atom. The molecule has 2 rings (SSSR count). The third kappa shape index (κ3) is 1.92. The largest absolute Gasteiger partial charge is 0.478 e. The van der Waals surface area contributed by atoms with E-state index in [-0.39, 0.29) is 10.6 Å². The Morgan fingerprint density at radius 3 is 2.81 bits per heavy atom. The van der Waals surface area contributed by atoms with Gasteiger partial charge in [-0.05, 0) is 25.1 Å². The van der Waals surface area contributed by atoms with Crippen molar-refractivity contribution in [2.24, 2.45) is 0 Å². The second-order valence-electron chi connectivity index (χ2n) is 3.39. The van der Waals surface area contributed by atoms with Crippen LogP contribution in [-0.4, -0.2) is 20.6 Å². The first-order valence-electron chi connectivity index (χ1n) is 4.62. The number of aromatic nitrogens is 2. The fraction of sp³-hybridized carbons (Fsp3) is 0.0909. The molecule has 0 amide bonds. The topological polar surface area (TPSA) is 55.1 Å². The molecule has 0 spiro atoms. The van der Waals surface area contributed by atoms with Crippen LogP contribution in [0.3, 0.4) is 0 Å². The zero-order valence-electron chi connectivity index (χ0n) is 8.51. The van der Waals surface area contributed by atoms with E-state index in [2.05, 4.69) is 4.98 Å². The maximum absolute atomic E-state index is 10.9. The molecular weight excluding hydrogens is 228 g/mol. The van der Waals surface area contributed by atoms with Crippen LogP contribution in [0.2, 0.25) is 5.02 Å². The molecule has 0 aliphatic carbocycles. The van der Waals surface area contributed by atoms with Gasteiger partial charge in [0.1, 0.15) is 0 Å². The smallest absolute Gasteiger partial charge is 0.337 e. The lowest BCUT2D eigenvalue weighted by Crippen LogP contribution is -2.00. The van der Waals surface area contributed by atoms with Crippen LogP contribution in [0, 0.1) is 6.92 Å². The van der Waals surface area contributed by atoms with Crippen LogP contribution >= 0.6 is 11.6 Å². The van der Waals surface area contributed by atoms with Crippen LogP contribution in [0.25, 0.3) is 5.69 Å². The molecule has 2 aromatic rings. The van der Waals surface area contributed by atoms with Crippen LogP contribution in [0.1, 0.15) is 16.1 Å². The molecule has 1 aromatic heterocycles. The number of carbonyl (C=O) groups is 1. The maximum atomic E-state index is 10.9. The number of imidazole rings is 1. The van der Waals surface area contributed by atoms with Gasteiger partial charge in [0.2, 0.25) is 0 Å². The summed E-state index contributed by atoms with van der Waals surface area (Å²) in [5, 5.41) is 9.16. The van der Waals surface area contributed by atoms with Crippen LogP contribution in [0.4, 0.5) is 0 Å². The van der Waals surface area contributed by atoms with Crippen LogP contribution in [-0.2, 0) is 0 Å². The van der Waals surface area contributed by atoms with Gasteiger partial charge in [0.05, 0.1) is 22.6 Å². The summed E-state index contributed by atoms with van der Waals surface area (Å²) in [7, 11) is 0. The van der Waals surface area contributed by atoms with E-state index in [0.29, 0.717) is 0 Å². The summed E-state index contributed by atoms with van der Waals surface area (Å²) in [4.78, 5) is 15.0. The van der Waals surface area contributed by atoms with Crippen molar-refractivity contribution in [3.63, 3.8) is 0 Å². The monoisotopic (exact) mass is 236 g/mol. The van der Waals surface area contributed by atoms with Crippen molar-refractivity contribution in [1.82, 2.24) is 9.55 Å². The van der Waals surface area contributed by atoms with Gasteiger partial charge in [-0.1, -0.05) is 11.6 Å². The van der Waals surface area contributed by atoms with E-state index >= 15 is 0 Å². The van der Waals surface area contributed by atoms with E-state index in [0.717, 1.165) is 11.4 Å². The maximum Gasteiger partial charge on any atom is 0.337 e. The highest BCUT2D eigenvalue weighted by molar-refractivity contribution is 6.33. The van der Waals surface area contributed by atoms with Crippen LogP contribution < -0.4 is 0 Å². The van der Waals surface area contributed by atoms with Gasteiger partial charge < -0.3 is 9.67 Å². The van der Waals surface area contributed by atoms with Crippen molar-refractivity contribution in [3.8, 4) is 5.69 Å². The van der Waals surface area contributed by atoms with Crippen LogP contribution in [0.15, 0.2) is 30.7 Å². The Bertz CT molecular complexity index is 549. The summed E-state index contributed by atoms with van der Waals surface area (Å²) in [6.07, 6.45) is 3.44. The van der Waals surface area contributed by atoms with Crippen molar-refractivity contribution in [3.05, 3.63) is 47.0 Å². The van der Waals surface area contributed by atoms with Gasteiger partial charge in [-0.3, -0.25) is 0 Å². The molecule has 0 saturated heterocycles. The fourth-order valence-corrected chi connectivity index (χ4v) is 1.60. The van der Waals surface area contributed by atoms with E-state index in [9.17, 15) is 4.79 Å². The second kappa shape index (κ2) is 3.98. The van der Waals surface area contributed by atoms with E-state index in [1.165, 1.54) is 6.07 Å². The van der Waals surface area contributed by atoms with Gasteiger partial charge in [-0.15, -0.1) is 0 Å². The number of hydrogen-bond acceptors (Lipinski definition) is 2. The quantitative estimate of drug-likeness (QED) is 0.872. The highest BCUT2D eigenvalue weighted by Crippen LogP contribution is 2.20. The molecule has 0 bridgehead atoms. The molecule has 5 heteroatoms. The summed E-state index contributed by atoms with van der Waals surface area (Å²) < 4.78 is 1.75.